The smallest absolute Gasteiger partial charge is 0.222 e. The van der Waals surface area contributed by atoms with E-state index in [1.165, 1.54) is 10.2 Å². The van der Waals surface area contributed by atoms with Gasteiger partial charge in [-0.25, -0.2) is 4.68 Å². The Morgan fingerprint density at radius 2 is 1.78 bits per heavy atom. The third kappa shape index (κ3) is 7.11. The molecule has 1 aromatic carbocycles. The fraction of sp³-hybridized carbons (Fsp3) is 0.423. The van der Waals surface area contributed by atoms with E-state index in [2.05, 4.69) is 21.4 Å². The monoisotopic (exact) mass is 492 g/mol. The number of carbonyl (C=O) groups excluding carboxylic acids is 1. The van der Waals surface area contributed by atoms with Crippen LogP contribution in [0.2, 0.25) is 0 Å². The fourth-order valence-electron chi connectivity index (χ4n) is 4.24. The molecule has 0 saturated carbocycles. The van der Waals surface area contributed by atoms with Crippen molar-refractivity contribution in [3.05, 3.63) is 58.7 Å². The van der Waals surface area contributed by atoms with Crippen molar-refractivity contribution in [1.29, 1.82) is 16.2 Å². The van der Waals surface area contributed by atoms with E-state index in [1.54, 1.807) is 33.1 Å². The second-order valence-corrected chi connectivity index (χ2v) is 8.96. The van der Waals surface area contributed by atoms with Gasteiger partial charge in [0.15, 0.2) is 5.82 Å². The number of carbonyl (C=O) groups is 1. The topological polar surface area (TPSA) is 134 Å². The Kier molecular flexibility index (Phi) is 9.13. The van der Waals surface area contributed by atoms with Crippen molar-refractivity contribution in [1.82, 2.24) is 19.6 Å². The molecule has 0 atom stereocenters. The minimum atomic E-state index is 0.0940. The van der Waals surface area contributed by atoms with E-state index in [0.717, 1.165) is 36.7 Å². The Morgan fingerprint density at radius 3 is 2.42 bits per heavy atom. The number of allylic oxidation sites excluding steroid dienone is 2. The maximum absolute atomic E-state index is 12.9. The molecule has 4 N–H and O–H groups in total. The van der Waals surface area contributed by atoms with Gasteiger partial charge in [0.2, 0.25) is 5.91 Å². The summed E-state index contributed by atoms with van der Waals surface area (Å²) in [7, 11) is 1.67. The number of nitrogens with zero attached hydrogens (tertiary/aromatic N) is 4. The summed E-state index contributed by atoms with van der Waals surface area (Å²) in [6.45, 7) is 8.98. The molecule has 1 aliphatic rings. The van der Waals surface area contributed by atoms with Crippen molar-refractivity contribution >= 4 is 23.3 Å². The Hall–Kier alpha value is -3.79. The molecule has 36 heavy (non-hydrogen) atoms. The zero-order chi connectivity index (χ0) is 26.2. The number of ether oxygens (including phenoxy) is 1. The number of anilines is 1. The number of benzene rings is 1. The number of nitrogens with one attached hydrogen (secondary N) is 4. The summed E-state index contributed by atoms with van der Waals surface area (Å²) >= 11 is 0. The van der Waals surface area contributed by atoms with Crippen molar-refractivity contribution in [3.63, 3.8) is 0 Å². The first-order chi connectivity index (χ1) is 17.2. The van der Waals surface area contributed by atoms with Gasteiger partial charge in [-0.05, 0) is 62.6 Å². The summed E-state index contributed by atoms with van der Waals surface area (Å²) < 4.78 is 6.54. The fourth-order valence-corrected chi connectivity index (χ4v) is 4.24. The summed E-state index contributed by atoms with van der Waals surface area (Å²) in [5, 5.41) is 31.3. The van der Waals surface area contributed by atoms with Crippen LogP contribution in [0.4, 0.5) is 5.82 Å². The van der Waals surface area contributed by atoms with Crippen LogP contribution in [0, 0.1) is 16.2 Å². The largest absolute Gasteiger partial charge is 0.497 e. The van der Waals surface area contributed by atoms with E-state index in [0.29, 0.717) is 37.5 Å². The van der Waals surface area contributed by atoms with Gasteiger partial charge >= 0.3 is 0 Å². The molecule has 1 amide bonds. The molecule has 10 nitrogen and oxygen atoms in total. The molecule has 3 rings (SSSR count). The average molecular weight is 493 g/mol. The summed E-state index contributed by atoms with van der Waals surface area (Å²) in [5.41, 5.74) is 3.20. The van der Waals surface area contributed by atoms with Crippen molar-refractivity contribution in [3.8, 4) is 5.75 Å². The number of hydrogen-bond donors (Lipinski definition) is 4. The molecule has 0 aliphatic carbocycles. The molecular weight excluding hydrogens is 456 g/mol. The standard InChI is InChI=1S/C26H36N8O2/c1-18(27)23(19(2)30-25-10-9-24(29)34(31-25)20(3)28)8-11-26(35)33-14-12-32(13-15-33)17-21-6-5-7-22(16-21)36-4/h5-7,9-10,16,27-29H,8,11-15,17H2,1-4H3,(H,30,31)/b23-19-,27-18?,28-20?,29-24?. The Bertz CT molecular complexity index is 1210. The van der Waals surface area contributed by atoms with Gasteiger partial charge in [0.25, 0.3) is 0 Å². The second-order valence-electron chi connectivity index (χ2n) is 8.96. The average Bonchev–Trinajstić information content (AvgIpc) is 2.85. The molecule has 0 spiro atoms. The van der Waals surface area contributed by atoms with Crippen LogP contribution in [0.25, 0.3) is 0 Å². The molecule has 0 unspecified atom stereocenters. The normalized spacial score (nSPS) is 14.7. The molecule has 10 heteroatoms. The van der Waals surface area contributed by atoms with Gasteiger partial charge < -0.3 is 20.4 Å². The molecule has 1 fully saturated rings. The predicted octanol–water partition coefficient (Wildman–Crippen LogP) is 3.07. The predicted molar refractivity (Wildman–Crippen MR) is 141 cm³/mol. The van der Waals surface area contributed by atoms with Crippen LogP contribution in [0.15, 0.2) is 47.7 Å². The maximum Gasteiger partial charge on any atom is 0.222 e. The second kappa shape index (κ2) is 12.3. The van der Waals surface area contributed by atoms with E-state index < -0.39 is 0 Å². The van der Waals surface area contributed by atoms with Gasteiger partial charge in [-0.3, -0.25) is 20.5 Å². The van der Waals surface area contributed by atoms with Crippen molar-refractivity contribution in [2.75, 3.05) is 38.6 Å². The van der Waals surface area contributed by atoms with Crippen LogP contribution in [0.3, 0.4) is 0 Å². The molecular formula is C26H36N8O2. The third-order valence-electron chi connectivity index (χ3n) is 6.23. The van der Waals surface area contributed by atoms with Gasteiger partial charge in [-0.2, -0.15) is 0 Å². The van der Waals surface area contributed by atoms with Crippen LogP contribution in [-0.4, -0.2) is 70.3 Å². The first kappa shape index (κ1) is 26.8. The number of methoxy groups -OCH3 is 1. The van der Waals surface area contributed by atoms with Crippen LogP contribution < -0.4 is 15.5 Å². The number of amides is 1. The summed E-state index contributed by atoms with van der Waals surface area (Å²) in [6, 6.07) is 11.3. The van der Waals surface area contributed by atoms with Gasteiger partial charge in [-0.1, -0.05) is 12.1 Å². The maximum atomic E-state index is 12.9. The zero-order valence-electron chi connectivity index (χ0n) is 21.5. The van der Waals surface area contributed by atoms with E-state index >= 15 is 0 Å². The minimum Gasteiger partial charge on any atom is -0.497 e. The zero-order valence-corrected chi connectivity index (χ0v) is 21.5. The summed E-state index contributed by atoms with van der Waals surface area (Å²) in [5.74, 6) is 1.57. The van der Waals surface area contributed by atoms with Gasteiger partial charge in [0.05, 0.1) is 7.11 Å². The first-order valence-electron chi connectivity index (χ1n) is 12.0. The Morgan fingerprint density at radius 1 is 1.06 bits per heavy atom. The molecule has 2 heterocycles. The lowest BCUT2D eigenvalue weighted by atomic mass is 10.0. The summed E-state index contributed by atoms with van der Waals surface area (Å²) in [4.78, 5) is 17.2. The number of aromatic nitrogens is 2. The number of rotatable bonds is 9. The number of hydrogen-bond acceptors (Lipinski definition) is 8. The molecule has 0 bridgehead atoms. The minimum absolute atomic E-state index is 0.0940. The van der Waals surface area contributed by atoms with E-state index in [1.807, 2.05) is 30.0 Å². The van der Waals surface area contributed by atoms with E-state index in [4.69, 9.17) is 21.0 Å². The molecule has 2 aromatic rings. The summed E-state index contributed by atoms with van der Waals surface area (Å²) in [6.07, 6.45) is 0.788. The molecule has 192 valence electrons. The van der Waals surface area contributed by atoms with Crippen molar-refractivity contribution < 1.29 is 9.53 Å². The lowest BCUT2D eigenvalue weighted by Crippen LogP contribution is -2.48. The molecule has 1 saturated heterocycles. The molecule has 1 aliphatic heterocycles. The Labute approximate surface area is 212 Å². The van der Waals surface area contributed by atoms with Crippen molar-refractivity contribution in [2.24, 2.45) is 0 Å². The third-order valence-corrected chi connectivity index (χ3v) is 6.23. The van der Waals surface area contributed by atoms with Crippen molar-refractivity contribution in [2.45, 2.75) is 40.2 Å². The van der Waals surface area contributed by atoms with Crippen LogP contribution in [-0.2, 0) is 11.3 Å². The highest BCUT2D eigenvalue weighted by molar-refractivity contribution is 5.97. The lowest BCUT2D eigenvalue weighted by Gasteiger charge is -2.35. The van der Waals surface area contributed by atoms with E-state index in [-0.39, 0.29) is 17.2 Å². The highest BCUT2D eigenvalue weighted by Gasteiger charge is 2.22. The van der Waals surface area contributed by atoms with Gasteiger partial charge in [0.1, 0.15) is 17.1 Å². The van der Waals surface area contributed by atoms with Crippen LogP contribution in [0.5, 0.6) is 5.75 Å². The lowest BCUT2D eigenvalue weighted by molar-refractivity contribution is -0.132. The quantitative estimate of drug-likeness (QED) is 0.315. The molecule has 0 radical (unpaired) electrons. The number of piperazine rings is 1. The first-order valence-corrected chi connectivity index (χ1v) is 12.0. The highest BCUT2D eigenvalue weighted by atomic mass is 16.5. The van der Waals surface area contributed by atoms with E-state index in [9.17, 15) is 4.79 Å². The Balaban J connectivity index is 1.56. The van der Waals surface area contributed by atoms with Gasteiger partial charge in [0, 0.05) is 50.6 Å². The van der Waals surface area contributed by atoms with Crippen LogP contribution in [0.1, 0.15) is 39.2 Å². The van der Waals surface area contributed by atoms with Crippen LogP contribution >= 0.6 is 0 Å². The van der Waals surface area contributed by atoms with Gasteiger partial charge in [-0.15, -0.1) is 5.10 Å². The molecule has 1 aromatic heterocycles. The highest BCUT2D eigenvalue weighted by Crippen LogP contribution is 2.18. The SMILES string of the molecule is COc1cccc(CN2CCN(C(=O)CC/C(C(C)=N)=C(\C)Nc3ccc(=N)n(C(C)=N)n3)CC2)c1.